The molecule has 18 heavy (non-hydrogen) atoms. The van der Waals surface area contributed by atoms with E-state index in [4.69, 9.17) is 16.3 Å². The molecule has 0 aliphatic rings. The molecular formula is C12H15ClFNO3. The SMILES string of the molecule is COCC(O)CNC(=O)Cc1c(F)cccc1Cl. The van der Waals surface area contributed by atoms with Crippen molar-refractivity contribution in [1.29, 1.82) is 0 Å². The van der Waals surface area contributed by atoms with Crippen LogP contribution in [-0.2, 0) is 16.0 Å². The maximum atomic E-state index is 13.4. The van der Waals surface area contributed by atoms with E-state index in [1.165, 1.54) is 25.3 Å². The topological polar surface area (TPSA) is 58.6 Å². The zero-order valence-electron chi connectivity index (χ0n) is 9.95. The molecule has 1 rings (SSSR count). The Hall–Kier alpha value is -1.17. The van der Waals surface area contributed by atoms with Crippen molar-refractivity contribution in [3.05, 3.63) is 34.6 Å². The molecule has 0 spiro atoms. The molecule has 0 bridgehead atoms. The molecule has 0 aromatic heterocycles. The Balaban J connectivity index is 2.50. The van der Waals surface area contributed by atoms with Crippen LogP contribution in [0.3, 0.4) is 0 Å². The van der Waals surface area contributed by atoms with Gasteiger partial charge in [-0.15, -0.1) is 0 Å². The monoisotopic (exact) mass is 275 g/mol. The van der Waals surface area contributed by atoms with Crippen molar-refractivity contribution in [3.63, 3.8) is 0 Å². The summed E-state index contributed by atoms with van der Waals surface area (Å²) in [6, 6.07) is 4.24. The fourth-order valence-electron chi connectivity index (χ4n) is 1.41. The Morgan fingerprint density at radius 1 is 1.61 bits per heavy atom. The smallest absolute Gasteiger partial charge is 0.224 e. The Morgan fingerprint density at radius 3 is 2.94 bits per heavy atom. The van der Waals surface area contributed by atoms with Gasteiger partial charge in [0, 0.05) is 24.2 Å². The summed E-state index contributed by atoms with van der Waals surface area (Å²) in [5.41, 5.74) is 0.151. The van der Waals surface area contributed by atoms with Crippen LogP contribution >= 0.6 is 11.6 Å². The predicted molar refractivity (Wildman–Crippen MR) is 66.0 cm³/mol. The van der Waals surface area contributed by atoms with Crippen LogP contribution in [0.15, 0.2) is 18.2 Å². The van der Waals surface area contributed by atoms with Gasteiger partial charge in [0.2, 0.25) is 5.91 Å². The fraction of sp³-hybridized carbons (Fsp3) is 0.417. The predicted octanol–water partition coefficient (Wildman–Crippen LogP) is 1.15. The number of rotatable bonds is 6. The molecular weight excluding hydrogens is 261 g/mol. The van der Waals surface area contributed by atoms with Crippen LogP contribution in [0.1, 0.15) is 5.56 Å². The van der Waals surface area contributed by atoms with Gasteiger partial charge in [-0.2, -0.15) is 0 Å². The number of aliphatic hydroxyl groups is 1. The van der Waals surface area contributed by atoms with E-state index in [1.54, 1.807) is 0 Å². The van der Waals surface area contributed by atoms with E-state index < -0.39 is 17.8 Å². The normalized spacial score (nSPS) is 12.2. The maximum Gasteiger partial charge on any atom is 0.224 e. The van der Waals surface area contributed by atoms with Gasteiger partial charge in [0.15, 0.2) is 0 Å². The number of methoxy groups -OCH3 is 1. The van der Waals surface area contributed by atoms with Gasteiger partial charge >= 0.3 is 0 Å². The van der Waals surface area contributed by atoms with Crippen LogP contribution in [0.25, 0.3) is 0 Å². The van der Waals surface area contributed by atoms with Crippen LogP contribution < -0.4 is 5.32 Å². The average Bonchev–Trinajstić information content (AvgIpc) is 2.32. The molecule has 1 amide bonds. The molecule has 0 fully saturated rings. The summed E-state index contributed by atoms with van der Waals surface area (Å²) < 4.78 is 18.1. The molecule has 1 aromatic carbocycles. The largest absolute Gasteiger partial charge is 0.389 e. The first-order valence-corrected chi connectivity index (χ1v) is 5.79. The Labute approximate surface area is 110 Å². The molecule has 2 N–H and O–H groups in total. The van der Waals surface area contributed by atoms with Gasteiger partial charge in [0.05, 0.1) is 19.1 Å². The van der Waals surface area contributed by atoms with Crippen LogP contribution in [0.5, 0.6) is 0 Å². The highest BCUT2D eigenvalue weighted by atomic mass is 35.5. The molecule has 1 atom stereocenters. The third-order valence-corrected chi connectivity index (χ3v) is 2.65. The average molecular weight is 276 g/mol. The molecule has 1 unspecified atom stereocenters. The Morgan fingerprint density at radius 2 is 2.33 bits per heavy atom. The number of ether oxygens (including phenoxy) is 1. The van der Waals surface area contributed by atoms with Gasteiger partial charge in [-0.3, -0.25) is 4.79 Å². The molecule has 4 nitrogen and oxygen atoms in total. The second-order valence-electron chi connectivity index (χ2n) is 3.79. The standard InChI is InChI=1S/C12H15ClFNO3/c1-18-7-8(16)6-15-12(17)5-9-10(13)3-2-4-11(9)14/h2-4,8,16H,5-7H2,1H3,(H,15,17). The highest BCUT2D eigenvalue weighted by Crippen LogP contribution is 2.19. The number of carbonyl (C=O) groups is 1. The lowest BCUT2D eigenvalue weighted by Gasteiger charge is -2.11. The molecule has 6 heteroatoms. The van der Waals surface area contributed by atoms with Crippen LogP contribution in [0.4, 0.5) is 4.39 Å². The highest BCUT2D eigenvalue weighted by molar-refractivity contribution is 6.31. The second-order valence-corrected chi connectivity index (χ2v) is 4.20. The second kappa shape index (κ2) is 7.31. The number of hydrogen-bond donors (Lipinski definition) is 2. The van der Waals surface area contributed by atoms with Gasteiger partial charge in [0.1, 0.15) is 5.82 Å². The Kier molecular flexibility index (Phi) is 6.04. The molecule has 0 aliphatic heterocycles. The summed E-state index contributed by atoms with van der Waals surface area (Å²) in [7, 11) is 1.45. The van der Waals surface area contributed by atoms with Gasteiger partial charge in [-0.05, 0) is 12.1 Å². The van der Waals surface area contributed by atoms with E-state index >= 15 is 0 Å². The number of hydrogen-bond acceptors (Lipinski definition) is 3. The summed E-state index contributed by atoms with van der Waals surface area (Å²) in [5, 5.41) is 12.0. The lowest BCUT2D eigenvalue weighted by molar-refractivity contribution is -0.121. The molecule has 0 saturated carbocycles. The first-order chi connectivity index (χ1) is 8.54. The summed E-state index contributed by atoms with van der Waals surface area (Å²) in [4.78, 5) is 11.5. The van der Waals surface area contributed by atoms with Crippen LogP contribution in [0, 0.1) is 5.82 Å². The Bertz CT molecular complexity index is 394. The van der Waals surface area contributed by atoms with Gasteiger partial charge in [-0.25, -0.2) is 4.39 Å². The summed E-state index contributed by atoms with van der Waals surface area (Å²) in [5.74, 6) is -0.924. The number of aliphatic hydroxyl groups excluding tert-OH is 1. The molecule has 0 aliphatic carbocycles. The summed E-state index contributed by atoms with van der Waals surface area (Å²) in [6.45, 7) is 0.180. The first kappa shape index (κ1) is 14.9. The lowest BCUT2D eigenvalue weighted by atomic mass is 10.1. The van der Waals surface area contributed by atoms with Gasteiger partial charge in [-0.1, -0.05) is 17.7 Å². The first-order valence-electron chi connectivity index (χ1n) is 5.41. The fourth-order valence-corrected chi connectivity index (χ4v) is 1.64. The molecule has 100 valence electrons. The van der Waals surface area contributed by atoms with E-state index in [9.17, 15) is 14.3 Å². The molecule has 0 saturated heterocycles. The number of nitrogens with one attached hydrogen (secondary N) is 1. The molecule has 1 aromatic rings. The zero-order valence-corrected chi connectivity index (χ0v) is 10.7. The third kappa shape index (κ3) is 4.60. The summed E-state index contributed by atoms with van der Waals surface area (Å²) >= 11 is 5.80. The molecule has 0 radical (unpaired) electrons. The number of benzene rings is 1. The van der Waals surface area contributed by atoms with E-state index in [2.05, 4.69) is 5.32 Å². The van der Waals surface area contributed by atoms with Crippen molar-refractivity contribution in [1.82, 2.24) is 5.32 Å². The van der Waals surface area contributed by atoms with Crippen molar-refractivity contribution in [2.45, 2.75) is 12.5 Å². The van der Waals surface area contributed by atoms with Gasteiger partial charge < -0.3 is 15.2 Å². The van der Waals surface area contributed by atoms with Crippen molar-refractivity contribution in [3.8, 4) is 0 Å². The van der Waals surface area contributed by atoms with E-state index in [0.717, 1.165) is 0 Å². The zero-order chi connectivity index (χ0) is 13.5. The van der Waals surface area contributed by atoms with Crippen LogP contribution in [-0.4, -0.2) is 37.4 Å². The van der Waals surface area contributed by atoms with Crippen molar-refractivity contribution >= 4 is 17.5 Å². The van der Waals surface area contributed by atoms with E-state index in [0.29, 0.717) is 0 Å². The number of amides is 1. The minimum absolute atomic E-state index is 0.0543. The quantitative estimate of drug-likeness (QED) is 0.819. The number of carbonyl (C=O) groups excluding carboxylic acids is 1. The van der Waals surface area contributed by atoms with E-state index in [1.807, 2.05) is 0 Å². The maximum absolute atomic E-state index is 13.4. The third-order valence-electron chi connectivity index (χ3n) is 2.29. The molecule has 0 heterocycles. The van der Waals surface area contributed by atoms with Crippen LogP contribution in [0.2, 0.25) is 5.02 Å². The van der Waals surface area contributed by atoms with Gasteiger partial charge in [0.25, 0.3) is 0 Å². The minimum atomic E-state index is -0.782. The minimum Gasteiger partial charge on any atom is -0.389 e. The van der Waals surface area contributed by atoms with Crippen molar-refractivity contribution < 1.29 is 19.0 Å². The highest BCUT2D eigenvalue weighted by Gasteiger charge is 2.12. The number of halogens is 2. The van der Waals surface area contributed by atoms with E-state index in [-0.39, 0.29) is 30.2 Å². The summed E-state index contributed by atoms with van der Waals surface area (Å²) in [6.07, 6.45) is -0.944. The lowest BCUT2D eigenvalue weighted by Crippen LogP contribution is -2.35. The van der Waals surface area contributed by atoms with Crippen molar-refractivity contribution in [2.24, 2.45) is 0 Å². The van der Waals surface area contributed by atoms with Crippen molar-refractivity contribution in [2.75, 3.05) is 20.3 Å².